The number of hydrogen-bond acceptors (Lipinski definition) is 3. The maximum Gasteiger partial charge on any atom is 0.328 e. The highest BCUT2D eigenvalue weighted by molar-refractivity contribution is 5.84. The first-order valence-electron chi connectivity index (χ1n) is 4.84. The Morgan fingerprint density at radius 3 is 2.07 bits per heavy atom. The molecule has 88 valence electrons. The molecular weight excluding hydrogens is 198 g/mol. The molecule has 0 unspecified atom stereocenters. The largest absolute Gasteiger partial charge is 0.480 e. The first kappa shape index (κ1) is 13.9. The summed E-state index contributed by atoms with van der Waals surface area (Å²) < 4.78 is 0. The molecule has 2 atom stereocenters. The molecule has 0 aliphatic rings. The number of carboxylic acids is 1. The Morgan fingerprint density at radius 2 is 1.80 bits per heavy atom. The van der Waals surface area contributed by atoms with Gasteiger partial charge in [-0.3, -0.25) is 4.79 Å². The number of aliphatic carboxylic acids is 1. The SMILES string of the molecule is C[C@@H](O)[C@H](NC(=O)CC(C)(C)C)C(=O)O. The van der Waals surface area contributed by atoms with E-state index in [9.17, 15) is 9.59 Å². The van der Waals surface area contributed by atoms with Gasteiger partial charge in [-0.1, -0.05) is 20.8 Å². The summed E-state index contributed by atoms with van der Waals surface area (Å²) in [6.45, 7) is 6.97. The number of nitrogens with one attached hydrogen (secondary N) is 1. The lowest BCUT2D eigenvalue weighted by molar-refractivity contribution is -0.145. The van der Waals surface area contributed by atoms with Gasteiger partial charge in [0.25, 0.3) is 0 Å². The summed E-state index contributed by atoms with van der Waals surface area (Å²) in [7, 11) is 0. The first-order chi connectivity index (χ1) is 6.63. The van der Waals surface area contributed by atoms with Gasteiger partial charge in [-0.2, -0.15) is 0 Å². The van der Waals surface area contributed by atoms with Gasteiger partial charge in [-0.25, -0.2) is 4.79 Å². The van der Waals surface area contributed by atoms with Gasteiger partial charge in [-0.05, 0) is 12.3 Å². The van der Waals surface area contributed by atoms with Crippen molar-refractivity contribution in [1.29, 1.82) is 0 Å². The predicted molar refractivity (Wildman–Crippen MR) is 55.3 cm³/mol. The third-order valence-corrected chi connectivity index (χ3v) is 1.76. The number of carboxylic acid groups (broad SMARTS) is 1. The van der Waals surface area contributed by atoms with Crippen LogP contribution in [-0.4, -0.2) is 34.2 Å². The van der Waals surface area contributed by atoms with Gasteiger partial charge in [0.05, 0.1) is 6.10 Å². The number of hydrogen-bond donors (Lipinski definition) is 3. The summed E-state index contributed by atoms with van der Waals surface area (Å²) in [5.41, 5.74) is -0.203. The lowest BCUT2D eigenvalue weighted by atomic mass is 9.92. The van der Waals surface area contributed by atoms with E-state index in [1.54, 1.807) is 0 Å². The summed E-state index contributed by atoms with van der Waals surface area (Å²) >= 11 is 0. The molecule has 0 saturated carbocycles. The van der Waals surface area contributed by atoms with Crippen molar-refractivity contribution in [2.24, 2.45) is 5.41 Å². The van der Waals surface area contributed by atoms with E-state index in [-0.39, 0.29) is 17.7 Å². The second kappa shape index (κ2) is 5.11. The molecule has 0 bridgehead atoms. The monoisotopic (exact) mass is 217 g/mol. The van der Waals surface area contributed by atoms with Crippen LogP contribution in [0.1, 0.15) is 34.1 Å². The van der Waals surface area contributed by atoms with Crippen molar-refractivity contribution in [2.75, 3.05) is 0 Å². The zero-order valence-electron chi connectivity index (χ0n) is 9.57. The number of amides is 1. The van der Waals surface area contributed by atoms with Gasteiger partial charge < -0.3 is 15.5 Å². The van der Waals surface area contributed by atoms with Crippen LogP contribution in [0.4, 0.5) is 0 Å². The number of carbonyl (C=O) groups excluding carboxylic acids is 1. The molecule has 0 fully saturated rings. The van der Waals surface area contributed by atoms with Gasteiger partial charge in [-0.15, -0.1) is 0 Å². The second-order valence-electron chi connectivity index (χ2n) is 4.86. The van der Waals surface area contributed by atoms with Crippen molar-refractivity contribution in [2.45, 2.75) is 46.3 Å². The molecule has 0 spiro atoms. The van der Waals surface area contributed by atoms with E-state index in [1.807, 2.05) is 20.8 Å². The first-order valence-corrected chi connectivity index (χ1v) is 4.84. The molecule has 0 heterocycles. The Balaban J connectivity index is 4.31. The van der Waals surface area contributed by atoms with Crippen LogP contribution in [-0.2, 0) is 9.59 Å². The maximum atomic E-state index is 11.4. The molecule has 3 N–H and O–H groups in total. The van der Waals surface area contributed by atoms with E-state index < -0.39 is 18.1 Å². The minimum Gasteiger partial charge on any atom is -0.480 e. The molecule has 5 nitrogen and oxygen atoms in total. The van der Waals surface area contributed by atoms with E-state index in [1.165, 1.54) is 6.92 Å². The van der Waals surface area contributed by atoms with Crippen LogP contribution in [0.2, 0.25) is 0 Å². The highest BCUT2D eigenvalue weighted by Gasteiger charge is 2.26. The molecule has 1 amide bonds. The average Bonchev–Trinajstić information content (AvgIpc) is 1.95. The minimum absolute atomic E-state index is 0.203. The number of aliphatic hydroxyl groups excluding tert-OH is 1. The van der Waals surface area contributed by atoms with Gasteiger partial charge in [0.2, 0.25) is 5.91 Å². The third-order valence-electron chi connectivity index (χ3n) is 1.76. The highest BCUT2D eigenvalue weighted by Crippen LogP contribution is 2.18. The van der Waals surface area contributed by atoms with Crippen LogP contribution in [0.15, 0.2) is 0 Å². The smallest absolute Gasteiger partial charge is 0.328 e. The quantitative estimate of drug-likeness (QED) is 0.635. The summed E-state index contributed by atoms with van der Waals surface area (Å²) in [5, 5.41) is 20.1. The molecule has 0 aliphatic heterocycles. The highest BCUT2D eigenvalue weighted by atomic mass is 16.4. The summed E-state index contributed by atoms with van der Waals surface area (Å²) in [6, 6.07) is -1.24. The minimum atomic E-state index is -1.24. The summed E-state index contributed by atoms with van der Waals surface area (Å²) in [5.74, 6) is -1.59. The lowest BCUT2D eigenvalue weighted by Crippen LogP contribution is -2.48. The second-order valence-corrected chi connectivity index (χ2v) is 4.86. The Morgan fingerprint density at radius 1 is 1.33 bits per heavy atom. The van der Waals surface area contributed by atoms with Crippen molar-refractivity contribution in [3.8, 4) is 0 Å². The van der Waals surface area contributed by atoms with Crippen LogP contribution < -0.4 is 5.32 Å². The molecule has 0 rings (SSSR count). The molecular formula is C10H19NO4. The average molecular weight is 217 g/mol. The van der Waals surface area contributed by atoms with Gasteiger partial charge >= 0.3 is 5.97 Å². The van der Waals surface area contributed by atoms with Crippen molar-refractivity contribution < 1.29 is 19.8 Å². The summed E-state index contributed by atoms with van der Waals surface area (Å²) in [6.07, 6.45) is -0.879. The normalized spacial score (nSPS) is 15.5. The van der Waals surface area contributed by atoms with E-state index in [2.05, 4.69) is 5.32 Å². The van der Waals surface area contributed by atoms with Gasteiger partial charge in [0.1, 0.15) is 0 Å². The van der Waals surface area contributed by atoms with Crippen molar-refractivity contribution >= 4 is 11.9 Å². The van der Waals surface area contributed by atoms with Gasteiger partial charge in [0.15, 0.2) is 6.04 Å². The number of carbonyl (C=O) groups is 2. The molecule has 0 aromatic rings. The fourth-order valence-electron chi connectivity index (χ4n) is 1.09. The Hall–Kier alpha value is -1.10. The van der Waals surface area contributed by atoms with E-state index in [0.29, 0.717) is 0 Å². The standard InChI is InChI=1S/C10H19NO4/c1-6(12)8(9(14)15)11-7(13)5-10(2,3)4/h6,8,12H,5H2,1-4H3,(H,11,13)(H,14,15)/t6-,8+/m1/s1. The van der Waals surface area contributed by atoms with Crippen molar-refractivity contribution in [3.05, 3.63) is 0 Å². The maximum absolute atomic E-state index is 11.4. The van der Waals surface area contributed by atoms with Crippen LogP contribution in [0.5, 0.6) is 0 Å². The van der Waals surface area contributed by atoms with Crippen molar-refractivity contribution in [1.82, 2.24) is 5.32 Å². The fraction of sp³-hybridized carbons (Fsp3) is 0.800. The van der Waals surface area contributed by atoms with E-state index in [0.717, 1.165) is 0 Å². The Labute approximate surface area is 89.5 Å². The van der Waals surface area contributed by atoms with Crippen LogP contribution in [0.3, 0.4) is 0 Å². The molecule has 0 aromatic heterocycles. The molecule has 0 aliphatic carbocycles. The molecule has 0 radical (unpaired) electrons. The number of aliphatic hydroxyl groups is 1. The zero-order chi connectivity index (χ0) is 12.2. The predicted octanol–water partition coefficient (Wildman–Crippen LogP) is 0.373. The fourth-order valence-corrected chi connectivity index (χ4v) is 1.09. The lowest BCUT2D eigenvalue weighted by Gasteiger charge is -2.21. The van der Waals surface area contributed by atoms with Crippen LogP contribution >= 0.6 is 0 Å². The Kier molecular flexibility index (Phi) is 4.74. The number of rotatable bonds is 4. The molecule has 0 aromatic carbocycles. The van der Waals surface area contributed by atoms with Crippen LogP contribution in [0, 0.1) is 5.41 Å². The molecule has 0 saturated heterocycles. The molecule has 5 heteroatoms. The van der Waals surface area contributed by atoms with Crippen LogP contribution in [0.25, 0.3) is 0 Å². The third kappa shape index (κ3) is 6.06. The van der Waals surface area contributed by atoms with E-state index in [4.69, 9.17) is 10.2 Å². The topological polar surface area (TPSA) is 86.6 Å². The summed E-state index contributed by atoms with van der Waals surface area (Å²) in [4.78, 5) is 22.1. The van der Waals surface area contributed by atoms with Gasteiger partial charge in [0, 0.05) is 6.42 Å². The van der Waals surface area contributed by atoms with E-state index >= 15 is 0 Å². The molecule has 15 heavy (non-hydrogen) atoms. The zero-order valence-corrected chi connectivity index (χ0v) is 9.57. The van der Waals surface area contributed by atoms with Crippen molar-refractivity contribution in [3.63, 3.8) is 0 Å². The Bertz CT molecular complexity index is 242.